The predicted molar refractivity (Wildman–Crippen MR) is 97.2 cm³/mol. The van der Waals surface area contributed by atoms with Crippen LogP contribution in [0, 0.1) is 5.92 Å². The van der Waals surface area contributed by atoms with E-state index in [0.29, 0.717) is 24.2 Å². The highest BCUT2D eigenvalue weighted by atomic mass is 16.5. The first-order chi connectivity index (χ1) is 11.7. The zero-order valence-electron chi connectivity index (χ0n) is 15.2. The van der Waals surface area contributed by atoms with Crippen molar-refractivity contribution in [3.05, 3.63) is 12.2 Å². The van der Waals surface area contributed by atoms with Gasteiger partial charge in [-0.3, -0.25) is 4.79 Å². The second kappa shape index (κ2) is 10.9. The first-order valence-corrected chi connectivity index (χ1v) is 9.98. The molecule has 2 aliphatic heterocycles. The summed E-state index contributed by atoms with van der Waals surface area (Å²) in [6.07, 6.45) is 17.2. The van der Waals surface area contributed by atoms with Crippen molar-refractivity contribution in [1.82, 2.24) is 5.32 Å². The molecule has 0 aliphatic carbocycles. The molecule has 4 nitrogen and oxygen atoms in total. The number of rotatable bonds is 13. The Hall–Kier alpha value is -0.870. The fraction of sp³-hybridized carbons (Fsp3) is 0.850. The maximum Gasteiger partial charge on any atom is 0.303 e. The number of unbranched alkanes of at least 4 members (excludes halogenated alkanes) is 5. The topological polar surface area (TPSA) is 58.6 Å². The van der Waals surface area contributed by atoms with Crippen LogP contribution in [0.1, 0.15) is 77.6 Å². The lowest BCUT2D eigenvalue weighted by molar-refractivity contribution is -0.137. The van der Waals surface area contributed by atoms with Gasteiger partial charge in [-0.1, -0.05) is 44.8 Å². The lowest BCUT2D eigenvalue weighted by atomic mass is 9.82. The van der Waals surface area contributed by atoms with Gasteiger partial charge < -0.3 is 15.2 Å². The van der Waals surface area contributed by atoms with Gasteiger partial charge in [0.2, 0.25) is 0 Å². The molecule has 138 valence electrons. The molecule has 0 saturated carbocycles. The van der Waals surface area contributed by atoms with Gasteiger partial charge in [0.15, 0.2) is 0 Å². The minimum absolute atomic E-state index is 0.268. The molecule has 2 N–H and O–H groups in total. The van der Waals surface area contributed by atoms with Crippen molar-refractivity contribution in [2.24, 2.45) is 5.92 Å². The summed E-state index contributed by atoms with van der Waals surface area (Å²) in [5.41, 5.74) is 0. The summed E-state index contributed by atoms with van der Waals surface area (Å²) in [6.45, 7) is 3.37. The van der Waals surface area contributed by atoms with E-state index in [2.05, 4.69) is 24.4 Å². The van der Waals surface area contributed by atoms with Crippen LogP contribution in [-0.2, 0) is 9.53 Å². The molecular formula is C20H35NO3. The Kier molecular flexibility index (Phi) is 8.82. The molecule has 24 heavy (non-hydrogen) atoms. The molecule has 0 unspecified atom stereocenters. The van der Waals surface area contributed by atoms with Crippen LogP contribution < -0.4 is 5.32 Å². The molecule has 0 aromatic heterocycles. The van der Waals surface area contributed by atoms with Gasteiger partial charge in [0.05, 0.1) is 12.2 Å². The fourth-order valence-electron chi connectivity index (χ4n) is 4.10. The van der Waals surface area contributed by atoms with Gasteiger partial charge in [0, 0.05) is 18.4 Å². The van der Waals surface area contributed by atoms with E-state index in [9.17, 15) is 4.79 Å². The number of hydrogen-bond donors (Lipinski definition) is 2. The Balaban J connectivity index is 1.65. The second-order valence-corrected chi connectivity index (χ2v) is 7.34. The highest BCUT2D eigenvalue weighted by Crippen LogP contribution is 2.41. The van der Waals surface area contributed by atoms with E-state index in [1.165, 1.54) is 44.9 Å². The molecule has 0 aromatic carbocycles. The first kappa shape index (κ1) is 19.5. The van der Waals surface area contributed by atoms with E-state index >= 15 is 0 Å². The van der Waals surface area contributed by atoms with Gasteiger partial charge >= 0.3 is 5.97 Å². The van der Waals surface area contributed by atoms with E-state index in [1.54, 1.807) is 0 Å². The van der Waals surface area contributed by atoms with Crippen molar-refractivity contribution in [2.75, 3.05) is 6.54 Å². The van der Waals surface area contributed by atoms with E-state index in [-0.39, 0.29) is 6.42 Å². The van der Waals surface area contributed by atoms with Crippen molar-refractivity contribution >= 4 is 5.97 Å². The SMILES string of the molecule is CCCCCCCN[C@H]1[C@@H](C/C=C\CCCC(=O)O)[C@H]2CC[C@@H]1O2. The third kappa shape index (κ3) is 6.21. The number of hydrogen-bond acceptors (Lipinski definition) is 3. The van der Waals surface area contributed by atoms with Crippen LogP contribution in [0.2, 0.25) is 0 Å². The van der Waals surface area contributed by atoms with Crippen LogP contribution >= 0.6 is 0 Å². The minimum Gasteiger partial charge on any atom is -0.481 e. The van der Waals surface area contributed by atoms with Gasteiger partial charge in [0.1, 0.15) is 0 Å². The molecule has 4 heteroatoms. The first-order valence-electron chi connectivity index (χ1n) is 9.98. The molecule has 2 rings (SSSR count). The zero-order chi connectivity index (χ0) is 17.2. The van der Waals surface area contributed by atoms with Crippen molar-refractivity contribution in [3.63, 3.8) is 0 Å². The fourth-order valence-corrected chi connectivity index (χ4v) is 4.10. The highest BCUT2D eigenvalue weighted by molar-refractivity contribution is 5.66. The summed E-state index contributed by atoms with van der Waals surface area (Å²) in [5, 5.41) is 12.4. The number of carbonyl (C=O) groups is 1. The average Bonchev–Trinajstić information content (AvgIpc) is 3.15. The number of allylic oxidation sites excluding steroid dienone is 2. The van der Waals surface area contributed by atoms with Crippen LogP contribution in [-0.4, -0.2) is 35.9 Å². The van der Waals surface area contributed by atoms with Crippen molar-refractivity contribution in [2.45, 2.75) is 95.8 Å². The normalized spacial score (nSPS) is 28.9. The van der Waals surface area contributed by atoms with Gasteiger partial charge in [-0.05, 0) is 45.1 Å². The molecule has 2 fully saturated rings. The third-order valence-corrected chi connectivity index (χ3v) is 5.42. The van der Waals surface area contributed by atoms with E-state index in [4.69, 9.17) is 9.84 Å². The molecule has 2 aliphatic rings. The zero-order valence-corrected chi connectivity index (χ0v) is 15.2. The van der Waals surface area contributed by atoms with Gasteiger partial charge in [0.25, 0.3) is 0 Å². The standard InChI is InChI=1S/C20H35NO3/c1-2-3-4-7-10-15-21-20-16(17-13-14-18(20)24-17)11-8-5-6-9-12-19(22)23/h5,8,16-18,20-21H,2-4,6-7,9-15H2,1H3,(H,22,23)/b8-5-/t16-,17+,18-,20-/m0/s1. The molecule has 0 radical (unpaired) electrons. The summed E-state index contributed by atoms with van der Waals surface area (Å²) in [5.74, 6) is -0.108. The minimum atomic E-state index is -0.701. The number of ether oxygens (including phenoxy) is 1. The van der Waals surface area contributed by atoms with Crippen LogP contribution in [0.5, 0.6) is 0 Å². The van der Waals surface area contributed by atoms with Crippen LogP contribution in [0.25, 0.3) is 0 Å². The highest BCUT2D eigenvalue weighted by Gasteiger charge is 2.47. The number of aliphatic carboxylic acids is 1. The number of carboxylic acids is 1. The van der Waals surface area contributed by atoms with Crippen molar-refractivity contribution < 1.29 is 14.6 Å². The van der Waals surface area contributed by atoms with E-state index < -0.39 is 5.97 Å². The summed E-state index contributed by atoms with van der Waals surface area (Å²) in [4.78, 5) is 10.5. The van der Waals surface area contributed by atoms with Crippen LogP contribution in [0.15, 0.2) is 12.2 Å². The third-order valence-electron chi connectivity index (χ3n) is 5.42. The Morgan fingerprint density at radius 2 is 1.92 bits per heavy atom. The Morgan fingerprint density at radius 3 is 2.71 bits per heavy atom. The van der Waals surface area contributed by atoms with Gasteiger partial charge in [-0.25, -0.2) is 0 Å². The molecule has 0 spiro atoms. The van der Waals surface area contributed by atoms with Crippen LogP contribution in [0.4, 0.5) is 0 Å². The number of carboxylic acid groups (broad SMARTS) is 1. The summed E-state index contributed by atoms with van der Waals surface area (Å²) in [6, 6.07) is 0.513. The largest absolute Gasteiger partial charge is 0.481 e. The summed E-state index contributed by atoms with van der Waals surface area (Å²) in [7, 11) is 0. The Bertz CT molecular complexity index is 396. The van der Waals surface area contributed by atoms with Gasteiger partial charge in [-0.2, -0.15) is 0 Å². The smallest absolute Gasteiger partial charge is 0.303 e. The second-order valence-electron chi connectivity index (χ2n) is 7.34. The number of fused-ring (bicyclic) bond motifs is 2. The summed E-state index contributed by atoms with van der Waals surface area (Å²) < 4.78 is 6.13. The monoisotopic (exact) mass is 337 g/mol. The van der Waals surface area contributed by atoms with Gasteiger partial charge in [-0.15, -0.1) is 0 Å². The van der Waals surface area contributed by atoms with Crippen molar-refractivity contribution in [1.29, 1.82) is 0 Å². The molecule has 2 saturated heterocycles. The van der Waals surface area contributed by atoms with E-state index in [0.717, 1.165) is 25.8 Å². The predicted octanol–water partition coefficient (Wildman–Crippen LogP) is 4.29. The molecule has 0 amide bonds. The maximum atomic E-state index is 10.5. The lowest BCUT2D eigenvalue weighted by Crippen LogP contribution is -2.44. The quantitative estimate of drug-likeness (QED) is 0.389. The molecule has 2 bridgehead atoms. The number of nitrogens with one attached hydrogen (secondary N) is 1. The molecule has 4 atom stereocenters. The Morgan fingerprint density at radius 1 is 1.12 bits per heavy atom. The van der Waals surface area contributed by atoms with E-state index in [1.807, 2.05) is 0 Å². The molecule has 2 heterocycles. The molecular weight excluding hydrogens is 302 g/mol. The maximum absolute atomic E-state index is 10.5. The summed E-state index contributed by atoms with van der Waals surface area (Å²) >= 11 is 0. The average molecular weight is 338 g/mol. The van der Waals surface area contributed by atoms with Crippen molar-refractivity contribution in [3.8, 4) is 0 Å². The van der Waals surface area contributed by atoms with Crippen LogP contribution in [0.3, 0.4) is 0 Å². The Labute approximate surface area is 147 Å². The lowest BCUT2D eigenvalue weighted by Gasteiger charge is -2.28. The molecule has 0 aromatic rings.